The van der Waals surface area contributed by atoms with Gasteiger partial charge in [-0.3, -0.25) is 9.59 Å². The van der Waals surface area contributed by atoms with Crippen molar-refractivity contribution < 1.29 is 19.4 Å². The summed E-state index contributed by atoms with van der Waals surface area (Å²) in [4.78, 5) is 22.2. The van der Waals surface area contributed by atoms with Gasteiger partial charge in [-0.25, -0.2) is 0 Å². The van der Waals surface area contributed by atoms with Crippen molar-refractivity contribution in [3.05, 3.63) is 0 Å². The Labute approximate surface area is 96.2 Å². The summed E-state index contributed by atoms with van der Waals surface area (Å²) in [5, 5.41) is 11.3. The summed E-state index contributed by atoms with van der Waals surface area (Å²) in [5.74, 6) is -1.05. The minimum Gasteiger partial charge on any atom is -0.481 e. The predicted octanol–water partition coefficient (Wildman–Crippen LogP) is 1.17. The molecule has 0 spiro atoms. The lowest BCUT2D eigenvalue weighted by Crippen LogP contribution is -2.48. The number of methoxy groups -OCH3 is 1. The molecule has 0 radical (unpaired) electrons. The van der Waals surface area contributed by atoms with E-state index in [1.807, 2.05) is 6.92 Å². The van der Waals surface area contributed by atoms with Crippen molar-refractivity contribution in [3.8, 4) is 0 Å². The summed E-state index contributed by atoms with van der Waals surface area (Å²) in [6, 6.07) is -0.162. The van der Waals surface area contributed by atoms with Gasteiger partial charge in [0.1, 0.15) is 5.60 Å². The molecule has 0 aromatic rings. The first-order chi connectivity index (χ1) is 7.35. The van der Waals surface area contributed by atoms with Crippen LogP contribution >= 0.6 is 0 Å². The standard InChI is InChI=1S/C11H21NO4/c1-5-11(3,16-4)10(15)12-8(2)6-7-9(13)14/h8H,5-7H2,1-4H3,(H,12,15)(H,13,14). The molecule has 0 aliphatic rings. The lowest BCUT2D eigenvalue weighted by Gasteiger charge is -2.27. The Balaban J connectivity index is 4.17. The third kappa shape index (κ3) is 4.61. The molecular formula is C11H21NO4. The molecule has 0 saturated heterocycles. The van der Waals surface area contributed by atoms with Crippen LogP contribution in [-0.2, 0) is 14.3 Å². The molecule has 0 aliphatic heterocycles. The third-order valence-corrected chi connectivity index (χ3v) is 2.77. The maximum Gasteiger partial charge on any atom is 0.303 e. The van der Waals surface area contributed by atoms with Crippen LogP contribution in [0.2, 0.25) is 0 Å². The maximum absolute atomic E-state index is 11.8. The Kier molecular flexibility index (Phi) is 6.03. The van der Waals surface area contributed by atoms with Crippen LogP contribution in [0.1, 0.15) is 40.0 Å². The van der Waals surface area contributed by atoms with Crippen LogP contribution in [0.4, 0.5) is 0 Å². The van der Waals surface area contributed by atoms with Crippen molar-refractivity contribution in [2.75, 3.05) is 7.11 Å². The number of amides is 1. The van der Waals surface area contributed by atoms with Crippen LogP contribution in [0, 0.1) is 0 Å². The second kappa shape index (κ2) is 6.48. The number of hydrogen-bond donors (Lipinski definition) is 2. The topological polar surface area (TPSA) is 75.6 Å². The fourth-order valence-electron chi connectivity index (χ4n) is 1.19. The smallest absolute Gasteiger partial charge is 0.303 e. The van der Waals surface area contributed by atoms with Gasteiger partial charge in [0, 0.05) is 19.6 Å². The molecule has 2 atom stereocenters. The summed E-state index contributed by atoms with van der Waals surface area (Å²) in [5.41, 5.74) is -0.836. The number of aliphatic carboxylic acids is 1. The van der Waals surface area contributed by atoms with Crippen LogP contribution in [-0.4, -0.2) is 35.7 Å². The summed E-state index contributed by atoms with van der Waals surface area (Å²) < 4.78 is 5.15. The lowest BCUT2D eigenvalue weighted by molar-refractivity contribution is -0.143. The molecule has 0 rings (SSSR count). The Morgan fingerprint density at radius 1 is 1.50 bits per heavy atom. The van der Waals surface area contributed by atoms with Gasteiger partial charge >= 0.3 is 5.97 Å². The fraction of sp³-hybridized carbons (Fsp3) is 0.818. The second-order valence-electron chi connectivity index (χ2n) is 4.10. The molecule has 16 heavy (non-hydrogen) atoms. The first-order valence-electron chi connectivity index (χ1n) is 5.43. The van der Waals surface area contributed by atoms with Crippen molar-refractivity contribution in [1.29, 1.82) is 0 Å². The van der Waals surface area contributed by atoms with Crippen molar-refractivity contribution in [2.45, 2.75) is 51.7 Å². The quantitative estimate of drug-likeness (QED) is 0.689. The summed E-state index contributed by atoms with van der Waals surface area (Å²) in [6.45, 7) is 5.36. The Morgan fingerprint density at radius 3 is 2.44 bits per heavy atom. The molecule has 0 aliphatic carbocycles. The van der Waals surface area contributed by atoms with E-state index in [1.54, 1.807) is 13.8 Å². The first-order valence-corrected chi connectivity index (χ1v) is 5.43. The number of carbonyl (C=O) groups is 2. The van der Waals surface area contributed by atoms with Crippen LogP contribution in [0.3, 0.4) is 0 Å². The molecular weight excluding hydrogens is 210 g/mol. The molecule has 0 aromatic heterocycles. The van der Waals surface area contributed by atoms with Gasteiger partial charge in [0.2, 0.25) is 0 Å². The molecule has 0 heterocycles. The van der Waals surface area contributed by atoms with E-state index in [4.69, 9.17) is 9.84 Å². The van der Waals surface area contributed by atoms with Gasteiger partial charge in [-0.1, -0.05) is 6.92 Å². The third-order valence-electron chi connectivity index (χ3n) is 2.77. The maximum atomic E-state index is 11.8. The van der Waals surface area contributed by atoms with E-state index in [0.717, 1.165) is 0 Å². The van der Waals surface area contributed by atoms with Gasteiger partial charge in [0.15, 0.2) is 0 Å². The molecule has 5 heteroatoms. The number of carboxylic acid groups (broad SMARTS) is 1. The van der Waals surface area contributed by atoms with E-state index in [2.05, 4.69) is 5.32 Å². The zero-order valence-corrected chi connectivity index (χ0v) is 10.4. The number of rotatable bonds is 7. The molecule has 0 aromatic carbocycles. The highest BCUT2D eigenvalue weighted by atomic mass is 16.5. The van der Waals surface area contributed by atoms with Gasteiger partial charge in [0.05, 0.1) is 0 Å². The Bertz CT molecular complexity index is 248. The van der Waals surface area contributed by atoms with Gasteiger partial charge in [-0.15, -0.1) is 0 Å². The summed E-state index contributed by atoms with van der Waals surface area (Å²) in [7, 11) is 1.49. The number of carboxylic acids is 1. The van der Waals surface area contributed by atoms with Gasteiger partial charge in [-0.2, -0.15) is 0 Å². The summed E-state index contributed by atoms with van der Waals surface area (Å²) in [6.07, 6.45) is 1.04. The van der Waals surface area contributed by atoms with Crippen molar-refractivity contribution in [3.63, 3.8) is 0 Å². The van der Waals surface area contributed by atoms with Crippen LogP contribution < -0.4 is 5.32 Å². The van der Waals surface area contributed by atoms with Crippen molar-refractivity contribution >= 4 is 11.9 Å². The van der Waals surface area contributed by atoms with Crippen LogP contribution in [0.15, 0.2) is 0 Å². The minimum absolute atomic E-state index is 0.0528. The van der Waals surface area contributed by atoms with Gasteiger partial charge in [0.25, 0.3) is 5.91 Å². The molecule has 2 unspecified atom stereocenters. The van der Waals surface area contributed by atoms with E-state index in [-0.39, 0.29) is 18.4 Å². The number of hydrogen-bond acceptors (Lipinski definition) is 3. The van der Waals surface area contributed by atoms with Crippen molar-refractivity contribution in [2.24, 2.45) is 0 Å². The fourth-order valence-corrected chi connectivity index (χ4v) is 1.19. The molecule has 94 valence electrons. The number of nitrogens with one attached hydrogen (secondary N) is 1. The largest absolute Gasteiger partial charge is 0.481 e. The molecule has 0 saturated carbocycles. The second-order valence-corrected chi connectivity index (χ2v) is 4.10. The number of carbonyl (C=O) groups excluding carboxylic acids is 1. The zero-order chi connectivity index (χ0) is 12.8. The van der Waals surface area contributed by atoms with Crippen molar-refractivity contribution in [1.82, 2.24) is 5.32 Å². The van der Waals surface area contributed by atoms with Gasteiger partial charge < -0.3 is 15.2 Å². The highest BCUT2D eigenvalue weighted by Gasteiger charge is 2.31. The van der Waals surface area contributed by atoms with Crippen LogP contribution in [0.5, 0.6) is 0 Å². The predicted molar refractivity (Wildman–Crippen MR) is 60.2 cm³/mol. The summed E-state index contributed by atoms with van der Waals surface area (Å²) >= 11 is 0. The average molecular weight is 231 g/mol. The van der Waals surface area contributed by atoms with E-state index in [1.165, 1.54) is 7.11 Å². The molecule has 2 N–H and O–H groups in total. The Morgan fingerprint density at radius 2 is 2.06 bits per heavy atom. The molecule has 1 amide bonds. The SMILES string of the molecule is CCC(C)(OC)C(=O)NC(C)CCC(=O)O. The van der Waals surface area contributed by atoms with E-state index >= 15 is 0 Å². The molecule has 5 nitrogen and oxygen atoms in total. The average Bonchev–Trinajstić information content (AvgIpc) is 2.25. The first kappa shape index (κ1) is 14.9. The van der Waals surface area contributed by atoms with Gasteiger partial charge in [-0.05, 0) is 26.7 Å². The number of ether oxygens (including phenoxy) is 1. The normalized spacial score (nSPS) is 16.2. The highest BCUT2D eigenvalue weighted by Crippen LogP contribution is 2.14. The van der Waals surface area contributed by atoms with E-state index in [9.17, 15) is 9.59 Å². The monoisotopic (exact) mass is 231 g/mol. The van der Waals surface area contributed by atoms with E-state index < -0.39 is 11.6 Å². The minimum atomic E-state index is -0.855. The van der Waals surface area contributed by atoms with E-state index in [0.29, 0.717) is 12.8 Å². The lowest BCUT2D eigenvalue weighted by atomic mass is 10.0. The zero-order valence-electron chi connectivity index (χ0n) is 10.4. The molecule has 0 fully saturated rings. The highest BCUT2D eigenvalue weighted by molar-refractivity contribution is 5.84. The Hall–Kier alpha value is -1.10. The molecule has 0 bridgehead atoms. The van der Waals surface area contributed by atoms with Crippen LogP contribution in [0.25, 0.3) is 0 Å².